The Bertz CT molecular complexity index is 425. The molecule has 0 amide bonds. The molecule has 1 fully saturated rings. The summed E-state index contributed by atoms with van der Waals surface area (Å²) in [5, 5.41) is 3.64. The highest BCUT2D eigenvalue weighted by molar-refractivity contribution is 9.10. The molecule has 4 heteroatoms. The van der Waals surface area contributed by atoms with Gasteiger partial charge in [0.1, 0.15) is 5.75 Å². The predicted octanol–water partition coefficient (Wildman–Crippen LogP) is 3.06. The van der Waals surface area contributed by atoms with E-state index >= 15 is 0 Å². The summed E-state index contributed by atoms with van der Waals surface area (Å²) in [7, 11) is 3.89. The maximum atomic E-state index is 5.26. The number of rotatable bonds is 5. The largest absolute Gasteiger partial charge is 0.496 e. The Morgan fingerprint density at radius 1 is 1.53 bits per heavy atom. The van der Waals surface area contributed by atoms with E-state index in [0.29, 0.717) is 6.04 Å². The van der Waals surface area contributed by atoms with Gasteiger partial charge in [-0.25, -0.2) is 0 Å². The van der Waals surface area contributed by atoms with E-state index in [0.717, 1.165) is 22.7 Å². The van der Waals surface area contributed by atoms with E-state index in [1.807, 2.05) is 6.07 Å². The lowest BCUT2D eigenvalue weighted by atomic mass is 10.1. The summed E-state index contributed by atoms with van der Waals surface area (Å²) in [4.78, 5) is 2.40. The van der Waals surface area contributed by atoms with Crippen molar-refractivity contribution in [3.63, 3.8) is 0 Å². The molecule has 2 rings (SSSR count). The molecule has 0 aromatic heterocycles. The van der Waals surface area contributed by atoms with Crippen molar-refractivity contribution in [1.82, 2.24) is 10.2 Å². The normalized spacial score (nSPS) is 21.6. The minimum Gasteiger partial charge on any atom is -0.496 e. The molecule has 1 saturated heterocycles. The lowest BCUT2D eigenvalue weighted by molar-refractivity contribution is 0.382. The molecule has 106 valence electrons. The number of benzene rings is 1. The molecular weight excluding hydrogens is 304 g/mol. The standard InChI is InChI=1S/C15H23BrN2O/c1-11(17-9-12-6-7-18(2)10-12)13-4-5-15(19-3)14(16)8-13/h4-5,8,11-12,17H,6-7,9-10H2,1-3H3. The van der Waals surface area contributed by atoms with Crippen molar-refractivity contribution < 1.29 is 4.74 Å². The van der Waals surface area contributed by atoms with Gasteiger partial charge in [0, 0.05) is 12.6 Å². The molecule has 1 aliphatic heterocycles. The van der Waals surface area contributed by atoms with Crippen LogP contribution in [0.4, 0.5) is 0 Å². The van der Waals surface area contributed by atoms with Gasteiger partial charge in [-0.2, -0.15) is 0 Å². The van der Waals surface area contributed by atoms with Gasteiger partial charge in [0.05, 0.1) is 11.6 Å². The number of methoxy groups -OCH3 is 1. The monoisotopic (exact) mass is 326 g/mol. The third-order valence-corrected chi connectivity index (χ3v) is 4.50. The molecule has 1 aromatic carbocycles. The van der Waals surface area contributed by atoms with Gasteiger partial charge in [-0.1, -0.05) is 6.07 Å². The van der Waals surface area contributed by atoms with Gasteiger partial charge in [0.2, 0.25) is 0 Å². The van der Waals surface area contributed by atoms with Crippen molar-refractivity contribution in [2.45, 2.75) is 19.4 Å². The Morgan fingerprint density at radius 3 is 2.89 bits per heavy atom. The second kappa shape index (κ2) is 6.73. The summed E-state index contributed by atoms with van der Waals surface area (Å²) in [6.45, 7) is 5.75. The van der Waals surface area contributed by atoms with Crippen molar-refractivity contribution in [3.8, 4) is 5.75 Å². The Labute approximate surface area is 124 Å². The fourth-order valence-corrected chi connectivity index (χ4v) is 3.16. The predicted molar refractivity (Wildman–Crippen MR) is 82.7 cm³/mol. The zero-order chi connectivity index (χ0) is 13.8. The molecule has 3 nitrogen and oxygen atoms in total. The lowest BCUT2D eigenvalue weighted by Crippen LogP contribution is -2.27. The van der Waals surface area contributed by atoms with Crippen molar-refractivity contribution in [2.75, 3.05) is 33.8 Å². The summed E-state index contributed by atoms with van der Waals surface area (Å²) in [6, 6.07) is 6.65. The van der Waals surface area contributed by atoms with Crippen LogP contribution in [0, 0.1) is 5.92 Å². The maximum absolute atomic E-state index is 5.26. The number of nitrogens with one attached hydrogen (secondary N) is 1. The number of hydrogen-bond acceptors (Lipinski definition) is 3. The van der Waals surface area contributed by atoms with Crippen LogP contribution in [0.25, 0.3) is 0 Å². The number of hydrogen-bond donors (Lipinski definition) is 1. The Morgan fingerprint density at radius 2 is 2.32 bits per heavy atom. The van der Waals surface area contributed by atoms with Gasteiger partial charge in [0.25, 0.3) is 0 Å². The second-order valence-electron chi connectivity index (χ2n) is 5.44. The molecule has 2 atom stereocenters. The first-order chi connectivity index (χ1) is 9.10. The van der Waals surface area contributed by atoms with E-state index in [4.69, 9.17) is 4.74 Å². The molecule has 0 saturated carbocycles. The summed E-state index contributed by atoms with van der Waals surface area (Å²) in [6.07, 6.45) is 1.31. The molecule has 0 radical (unpaired) electrons. The first-order valence-electron chi connectivity index (χ1n) is 6.85. The maximum Gasteiger partial charge on any atom is 0.133 e. The van der Waals surface area contributed by atoms with Gasteiger partial charge in [-0.05, 0) is 73.0 Å². The quantitative estimate of drug-likeness (QED) is 0.900. The van der Waals surface area contributed by atoms with E-state index in [9.17, 15) is 0 Å². The summed E-state index contributed by atoms with van der Waals surface area (Å²) < 4.78 is 6.28. The third-order valence-electron chi connectivity index (χ3n) is 3.88. The van der Waals surface area contributed by atoms with Gasteiger partial charge in [-0.15, -0.1) is 0 Å². The Kier molecular flexibility index (Phi) is 5.25. The molecule has 0 bridgehead atoms. The highest BCUT2D eigenvalue weighted by atomic mass is 79.9. The van der Waals surface area contributed by atoms with Crippen LogP contribution < -0.4 is 10.1 Å². The highest BCUT2D eigenvalue weighted by Crippen LogP contribution is 2.28. The lowest BCUT2D eigenvalue weighted by Gasteiger charge is -2.18. The van der Waals surface area contributed by atoms with Crippen molar-refractivity contribution in [3.05, 3.63) is 28.2 Å². The number of nitrogens with zero attached hydrogens (tertiary/aromatic N) is 1. The molecule has 1 aliphatic rings. The minimum absolute atomic E-state index is 0.369. The van der Waals surface area contributed by atoms with E-state index in [1.165, 1.54) is 25.1 Å². The van der Waals surface area contributed by atoms with Crippen molar-refractivity contribution in [1.29, 1.82) is 0 Å². The zero-order valence-electron chi connectivity index (χ0n) is 11.9. The highest BCUT2D eigenvalue weighted by Gasteiger charge is 2.19. The first-order valence-corrected chi connectivity index (χ1v) is 7.65. The number of likely N-dealkylation sites (tertiary alicyclic amines) is 1. The minimum atomic E-state index is 0.369. The van der Waals surface area contributed by atoms with Crippen LogP contribution in [0.1, 0.15) is 24.9 Å². The van der Waals surface area contributed by atoms with Crippen molar-refractivity contribution >= 4 is 15.9 Å². The smallest absolute Gasteiger partial charge is 0.133 e. The zero-order valence-corrected chi connectivity index (χ0v) is 13.5. The molecule has 2 unspecified atom stereocenters. The average molecular weight is 327 g/mol. The fraction of sp³-hybridized carbons (Fsp3) is 0.600. The molecular formula is C15H23BrN2O. The van der Waals surface area contributed by atoms with Gasteiger partial charge in [-0.3, -0.25) is 0 Å². The Hall–Kier alpha value is -0.580. The summed E-state index contributed by atoms with van der Waals surface area (Å²) in [5.74, 6) is 1.67. The molecule has 1 heterocycles. The molecule has 19 heavy (non-hydrogen) atoms. The number of ether oxygens (including phenoxy) is 1. The van der Waals surface area contributed by atoms with Gasteiger partial charge < -0.3 is 15.0 Å². The first kappa shape index (κ1) is 14.8. The SMILES string of the molecule is COc1ccc(C(C)NCC2CCN(C)C2)cc1Br. The van der Waals surface area contributed by atoms with E-state index in [1.54, 1.807) is 7.11 Å². The van der Waals surface area contributed by atoms with E-state index in [-0.39, 0.29) is 0 Å². The topological polar surface area (TPSA) is 24.5 Å². The van der Waals surface area contributed by atoms with Gasteiger partial charge in [0.15, 0.2) is 0 Å². The average Bonchev–Trinajstić information content (AvgIpc) is 2.81. The third kappa shape index (κ3) is 3.94. The van der Waals surface area contributed by atoms with E-state index < -0.39 is 0 Å². The van der Waals surface area contributed by atoms with Crippen LogP contribution in [-0.2, 0) is 0 Å². The van der Waals surface area contributed by atoms with Gasteiger partial charge >= 0.3 is 0 Å². The second-order valence-corrected chi connectivity index (χ2v) is 6.30. The van der Waals surface area contributed by atoms with Crippen LogP contribution in [0.3, 0.4) is 0 Å². The molecule has 1 aromatic rings. The van der Waals surface area contributed by atoms with Crippen molar-refractivity contribution in [2.24, 2.45) is 5.92 Å². The molecule has 1 N–H and O–H groups in total. The van der Waals surface area contributed by atoms with Crippen LogP contribution in [0.5, 0.6) is 5.75 Å². The molecule has 0 aliphatic carbocycles. The fourth-order valence-electron chi connectivity index (χ4n) is 2.61. The van der Waals surface area contributed by atoms with Crippen LogP contribution in [-0.4, -0.2) is 38.7 Å². The molecule has 0 spiro atoms. The Balaban J connectivity index is 1.89. The van der Waals surface area contributed by atoms with Crippen LogP contribution >= 0.6 is 15.9 Å². The number of halogens is 1. The van der Waals surface area contributed by atoms with E-state index in [2.05, 4.69) is 52.3 Å². The van der Waals surface area contributed by atoms with Crippen LogP contribution in [0.15, 0.2) is 22.7 Å². The van der Waals surface area contributed by atoms with Crippen LogP contribution in [0.2, 0.25) is 0 Å². The summed E-state index contributed by atoms with van der Waals surface area (Å²) in [5.41, 5.74) is 1.29. The summed E-state index contributed by atoms with van der Waals surface area (Å²) >= 11 is 3.54.